The van der Waals surface area contributed by atoms with Crippen LogP contribution in [0.15, 0.2) is 10.3 Å². The number of carbonyl (C=O) groups excluding carboxylic acids is 2. The largest absolute Gasteiger partial charge is 0.352 e. The molecule has 0 bridgehead atoms. The summed E-state index contributed by atoms with van der Waals surface area (Å²) in [5.41, 5.74) is 0.932. The Balaban J connectivity index is 1.67. The molecular formula is C16H22N2O2S2. The smallest absolute Gasteiger partial charge is 0.240 e. The van der Waals surface area contributed by atoms with E-state index in [0.29, 0.717) is 11.8 Å². The van der Waals surface area contributed by atoms with Crippen LogP contribution in [-0.2, 0) is 16.0 Å². The topological polar surface area (TPSA) is 49.4 Å². The first kappa shape index (κ1) is 15.9. The van der Waals surface area contributed by atoms with E-state index in [0.717, 1.165) is 24.9 Å². The molecule has 6 heteroatoms. The third-order valence-electron chi connectivity index (χ3n) is 4.27. The highest BCUT2D eigenvalue weighted by Gasteiger charge is 2.29. The van der Waals surface area contributed by atoms with Gasteiger partial charge in [0.2, 0.25) is 11.8 Å². The Labute approximate surface area is 139 Å². The molecule has 1 fully saturated rings. The second kappa shape index (κ2) is 7.04. The van der Waals surface area contributed by atoms with Crippen molar-refractivity contribution in [2.75, 3.05) is 17.2 Å². The van der Waals surface area contributed by atoms with Crippen molar-refractivity contribution in [1.82, 2.24) is 5.32 Å². The monoisotopic (exact) mass is 338 g/mol. The van der Waals surface area contributed by atoms with Gasteiger partial charge in [-0.3, -0.25) is 9.59 Å². The highest BCUT2D eigenvalue weighted by molar-refractivity contribution is 8.02. The fourth-order valence-electron chi connectivity index (χ4n) is 3.05. The molecule has 2 aliphatic rings. The molecular weight excluding hydrogens is 316 g/mol. The van der Waals surface area contributed by atoms with E-state index in [-0.39, 0.29) is 18.4 Å². The maximum absolute atomic E-state index is 12.3. The van der Waals surface area contributed by atoms with Crippen LogP contribution in [0.3, 0.4) is 0 Å². The van der Waals surface area contributed by atoms with Crippen molar-refractivity contribution in [1.29, 1.82) is 0 Å². The van der Waals surface area contributed by atoms with E-state index < -0.39 is 0 Å². The number of amides is 2. The predicted molar refractivity (Wildman–Crippen MR) is 91.8 cm³/mol. The van der Waals surface area contributed by atoms with Gasteiger partial charge in [0, 0.05) is 10.9 Å². The van der Waals surface area contributed by atoms with Gasteiger partial charge in [0.05, 0.1) is 15.6 Å². The van der Waals surface area contributed by atoms with Gasteiger partial charge in [-0.15, -0.1) is 23.1 Å². The van der Waals surface area contributed by atoms with Crippen LogP contribution in [0.1, 0.15) is 43.9 Å². The highest BCUT2D eigenvalue weighted by atomic mass is 32.2. The van der Waals surface area contributed by atoms with Crippen molar-refractivity contribution in [3.63, 3.8) is 0 Å². The summed E-state index contributed by atoms with van der Waals surface area (Å²) in [7, 11) is 0. The molecule has 2 amide bonds. The lowest BCUT2D eigenvalue weighted by atomic mass is 9.95. The number of anilines is 1. The molecule has 0 aromatic carbocycles. The lowest BCUT2D eigenvalue weighted by Gasteiger charge is -2.28. The van der Waals surface area contributed by atoms with Gasteiger partial charge < -0.3 is 10.2 Å². The number of rotatable bonds is 4. The maximum Gasteiger partial charge on any atom is 0.240 e. The van der Waals surface area contributed by atoms with E-state index in [1.807, 2.05) is 0 Å². The molecule has 120 valence electrons. The van der Waals surface area contributed by atoms with Gasteiger partial charge >= 0.3 is 0 Å². The van der Waals surface area contributed by atoms with Crippen molar-refractivity contribution in [3.8, 4) is 0 Å². The Bertz CT molecular complexity index is 564. The summed E-state index contributed by atoms with van der Waals surface area (Å²) in [5, 5.41) is 3.10. The van der Waals surface area contributed by atoms with E-state index in [9.17, 15) is 9.59 Å². The third-order valence-corrected chi connectivity index (χ3v) is 6.80. The van der Waals surface area contributed by atoms with Gasteiger partial charge in [-0.2, -0.15) is 0 Å². The summed E-state index contributed by atoms with van der Waals surface area (Å²) in [4.78, 5) is 27.4. The molecule has 0 unspecified atom stereocenters. The average molecular weight is 338 g/mol. The first-order chi connectivity index (χ1) is 10.7. The standard InChI is InChI=1S/C16H22N2O2S2/c1-2-12-8-13-16(22-12)21-10-15(20)18(13)9-14(19)17-11-6-4-3-5-7-11/h8,11H,2-7,9-10H2,1H3,(H,17,19). The zero-order valence-corrected chi connectivity index (χ0v) is 14.5. The van der Waals surface area contributed by atoms with Crippen LogP contribution in [0.5, 0.6) is 0 Å². The zero-order chi connectivity index (χ0) is 15.5. The number of fused-ring (bicyclic) bond motifs is 1. The lowest BCUT2D eigenvalue weighted by molar-refractivity contribution is -0.123. The van der Waals surface area contributed by atoms with Crippen LogP contribution >= 0.6 is 23.1 Å². The molecule has 1 N–H and O–H groups in total. The van der Waals surface area contributed by atoms with Gasteiger partial charge in [-0.25, -0.2) is 0 Å². The first-order valence-corrected chi connectivity index (χ1v) is 9.83. The zero-order valence-electron chi connectivity index (χ0n) is 12.9. The lowest BCUT2D eigenvalue weighted by Crippen LogP contribution is -2.46. The molecule has 1 aromatic rings. The Morgan fingerprint density at radius 1 is 1.36 bits per heavy atom. The van der Waals surface area contributed by atoms with Gasteiger partial charge in [-0.1, -0.05) is 26.2 Å². The quantitative estimate of drug-likeness (QED) is 0.917. The van der Waals surface area contributed by atoms with Crippen molar-refractivity contribution in [2.45, 2.75) is 55.7 Å². The predicted octanol–water partition coefficient (Wildman–Crippen LogP) is 3.20. The minimum Gasteiger partial charge on any atom is -0.352 e. The van der Waals surface area contributed by atoms with Crippen molar-refractivity contribution < 1.29 is 9.59 Å². The number of hydrogen-bond donors (Lipinski definition) is 1. The maximum atomic E-state index is 12.3. The number of nitrogens with one attached hydrogen (secondary N) is 1. The SMILES string of the molecule is CCc1cc2c(s1)SCC(=O)N2CC(=O)NC1CCCCC1. The van der Waals surface area contributed by atoms with Crippen LogP contribution in [0.4, 0.5) is 5.69 Å². The van der Waals surface area contributed by atoms with E-state index in [2.05, 4.69) is 18.3 Å². The fourth-order valence-corrected chi connectivity index (χ4v) is 5.34. The Morgan fingerprint density at radius 3 is 2.86 bits per heavy atom. The highest BCUT2D eigenvalue weighted by Crippen LogP contribution is 2.42. The van der Waals surface area contributed by atoms with Crippen LogP contribution < -0.4 is 10.2 Å². The number of hydrogen-bond acceptors (Lipinski definition) is 4. The molecule has 1 saturated carbocycles. The number of thiophene rings is 1. The van der Waals surface area contributed by atoms with Crippen LogP contribution in [0, 0.1) is 0 Å². The summed E-state index contributed by atoms with van der Waals surface area (Å²) >= 11 is 3.34. The van der Waals surface area contributed by atoms with Crippen LogP contribution in [0.25, 0.3) is 0 Å². The summed E-state index contributed by atoms with van der Waals surface area (Å²) in [5.74, 6) is 0.451. The van der Waals surface area contributed by atoms with Crippen molar-refractivity contribution in [3.05, 3.63) is 10.9 Å². The number of nitrogens with zero attached hydrogens (tertiary/aromatic N) is 1. The Morgan fingerprint density at radius 2 is 2.14 bits per heavy atom. The van der Waals surface area contributed by atoms with Gasteiger partial charge in [0.15, 0.2) is 0 Å². The Kier molecular flexibility index (Phi) is 5.08. The molecule has 1 aliphatic heterocycles. The molecule has 0 radical (unpaired) electrons. The molecule has 2 heterocycles. The molecule has 22 heavy (non-hydrogen) atoms. The minimum atomic E-state index is -0.0256. The van der Waals surface area contributed by atoms with Gasteiger partial charge in [0.25, 0.3) is 0 Å². The first-order valence-electron chi connectivity index (χ1n) is 8.02. The fraction of sp³-hybridized carbons (Fsp3) is 0.625. The molecule has 0 saturated heterocycles. The number of aryl methyl sites for hydroxylation is 1. The van der Waals surface area contributed by atoms with Gasteiger partial charge in [-0.05, 0) is 25.3 Å². The average Bonchev–Trinajstić information content (AvgIpc) is 2.95. The summed E-state index contributed by atoms with van der Waals surface area (Å²) in [6.45, 7) is 2.27. The Hall–Kier alpha value is -1.01. The molecule has 1 aliphatic carbocycles. The summed E-state index contributed by atoms with van der Waals surface area (Å²) in [6, 6.07) is 2.36. The van der Waals surface area contributed by atoms with Crippen LogP contribution in [-0.4, -0.2) is 30.2 Å². The molecule has 4 nitrogen and oxygen atoms in total. The van der Waals surface area contributed by atoms with E-state index >= 15 is 0 Å². The summed E-state index contributed by atoms with van der Waals surface area (Å²) < 4.78 is 1.17. The number of thioether (sulfide) groups is 1. The normalized spacial score (nSPS) is 19.1. The van der Waals surface area contributed by atoms with Crippen molar-refractivity contribution >= 4 is 40.6 Å². The molecule has 3 rings (SSSR count). The van der Waals surface area contributed by atoms with Gasteiger partial charge in [0.1, 0.15) is 6.54 Å². The number of carbonyl (C=O) groups is 2. The molecule has 0 atom stereocenters. The minimum absolute atomic E-state index is 0.0256. The second-order valence-corrected chi connectivity index (χ2v) is 8.29. The van der Waals surface area contributed by atoms with Crippen molar-refractivity contribution in [2.24, 2.45) is 0 Å². The van der Waals surface area contributed by atoms with E-state index in [1.54, 1.807) is 28.0 Å². The second-order valence-electron chi connectivity index (χ2n) is 5.91. The third kappa shape index (κ3) is 3.49. The molecule has 0 spiro atoms. The van der Waals surface area contributed by atoms with E-state index in [1.165, 1.54) is 28.3 Å². The summed E-state index contributed by atoms with van der Waals surface area (Å²) in [6.07, 6.45) is 6.76. The molecule has 1 aromatic heterocycles. The van der Waals surface area contributed by atoms with Crippen LogP contribution in [0.2, 0.25) is 0 Å². The van der Waals surface area contributed by atoms with E-state index in [4.69, 9.17) is 0 Å².